The van der Waals surface area contributed by atoms with Crippen LogP contribution in [0.1, 0.15) is 23.3 Å². The van der Waals surface area contributed by atoms with Crippen molar-refractivity contribution in [2.45, 2.75) is 18.9 Å². The van der Waals surface area contributed by atoms with Crippen LogP contribution in [0.25, 0.3) is 0 Å². The molecule has 1 aromatic rings. The fourth-order valence-electron chi connectivity index (χ4n) is 1.60. The molecule has 1 aliphatic heterocycles. The number of hydrogen-bond acceptors (Lipinski definition) is 4. The zero-order chi connectivity index (χ0) is 13.1. The first-order chi connectivity index (χ1) is 8.56. The normalized spacial score (nSPS) is 19.3. The lowest BCUT2D eigenvalue weighted by Gasteiger charge is -2.21. The van der Waals surface area contributed by atoms with Crippen molar-refractivity contribution in [2.24, 2.45) is 0 Å². The first-order valence-corrected chi connectivity index (χ1v) is 5.33. The van der Waals surface area contributed by atoms with Gasteiger partial charge >= 0.3 is 0 Å². The highest BCUT2D eigenvalue weighted by molar-refractivity contribution is 6.03. The number of nitrogens with zero attached hydrogens (tertiary/aromatic N) is 1. The van der Waals surface area contributed by atoms with Gasteiger partial charge in [0.1, 0.15) is 11.7 Å². The number of halogens is 1. The topological polar surface area (TPSA) is 88.2 Å². The minimum Gasteiger partial charge on any atom is -0.339 e. The van der Waals surface area contributed by atoms with E-state index >= 15 is 0 Å². The Morgan fingerprint density at radius 2 is 2.22 bits per heavy atom. The van der Waals surface area contributed by atoms with Gasteiger partial charge in [-0.05, 0) is 18.6 Å². The Labute approximate surface area is 102 Å². The van der Waals surface area contributed by atoms with Crippen molar-refractivity contribution in [3.8, 4) is 0 Å². The summed E-state index contributed by atoms with van der Waals surface area (Å²) in [5, 5.41) is 4.51. The summed E-state index contributed by atoms with van der Waals surface area (Å²) in [6, 6.07) is 3.01. The molecule has 0 bridgehead atoms. The summed E-state index contributed by atoms with van der Waals surface area (Å²) < 4.78 is 12.8. The maximum absolute atomic E-state index is 12.8. The van der Waals surface area contributed by atoms with Gasteiger partial charge in [0.05, 0.1) is 0 Å². The van der Waals surface area contributed by atoms with Crippen molar-refractivity contribution in [2.75, 3.05) is 0 Å². The average Bonchev–Trinajstić information content (AvgIpc) is 2.32. The molecule has 94 valence electrons. The fourth-order valence-corrected chi connectivity index (χ4v) is 1.60. The lowest BCUT2D eigenvalue weighted by molar-refractivity contribution is -0.134. The third-order valence-corrected chi connectivity index (χ3v) is 2.49. The molecule has 0 spiro atoms. The average molecular weight is 251 g/mol. The molecule has 1 atom stereocenters. The van der Waals surface area contributed by atoms with E-state index in [1.165, 1.54) is 12.1 Å². The predicted molar refractivity (Wildman–Crippen MR) is 57.8 cm³/mol. The molecule has 2 N–H and O–H groups in total. The van der Waals surface area contributed by atoms with Crippen molar-refractivity contribution in [3.05, 3.63) is 29.8 Å². The maximum Gasteiger partial charge on any atom is 0.270 e. The Kier molecular flexibility index (Phi) is 3.31. The summed E-state index contributed by atoms with van der Waals surface area (Å²) in [5.41, 5.74) is -0.111. The van der Waals surface area contributed by atoms with Gasteiger partial charge in [0.15, 0.2) is 0 Å². The van der Waals surface area contributed by atoms with Crippen LogP contribution < -0.4 is 10.6 Å². The van der Waals surface area contributed by atoms with E-state index in [4.69, 9.17) is 0 Å². The van der Waals surface area contributed by atoms with Crippen LogP contribution in [-0.4, -0.2) is 28.7 Å². The number of imide groups is 1. The summed E-state index contributed by atoms with van der Waals surface area (Å²) in [6.45, 7) is 0. The van der Waals surface area contributed by atoms with Crippen LogP contribution in [0, 0.1) is 5.95 Å². The lowest BCUT2D eigenvalue weighted by atomic mass is 10.1. The van der Waals surface area contributed by atoms with Crippen LogP contribution in [0.15, 0.2) is 18.2 Å². The van der Waals surface area contributed by atoms with Crippen LogP contribution in [0.3, 0.4) is 0 Å². The third-order valence-electron chi connectivity index (χ3n) is 2.49. The van der Waals surface area contributed by atoms with Gasteiger partial charge in [-0.2, -0.15) is 4.39 Å². The van der Waals surface area contributed by atoms with Crippen LogP contribution in [0.5, 0.6) is 0 Å². The number of nitrogens with one attached hydrogen (secondary N) is 2. The molecule has 18 heavy (non-hydrogen) atoms. The van der Waals surface area contributed by atoms with Crippen molar-refractivity contribution < 1.29 is 18.8 Å². The van der Waals surface area contributed by atoms with E-state index in [1.54, 1.807) is 0 Å². The van der Waals surface area contributed by atoms with Crippen LogP contribution >= 0.6 is 0 Å². The molecule has 1 fully saturated rings. The summed E-state index contributed by atoms with van der Waals surface area (Å²) >= 11 is 0. The molecule has 1 saturated heterocycles. The van der Waals surface area contributed by atoms with Crippen LogP contribution in [0.4, 0.5) is 4.39 Å². The predicted octanol–water partition coefficient (Wildman–Crippen LogP) is -0.244. The standard InChI is InChI=1S/C11H10FN3O3/c12-8-3-1-2-6(13-8)10(17)14-7-4-5-9(16)15-11(7)18/h1-3,7H,4-5H2,(H,14,17)(H,15,16,18). The monoisotopic (exact) mass is 251 g/mol. The highest BCUT2D eigenvalue weighted by atomic mass is 19.1. The SMILES string of the molecule is O=C1CCC(NC(=O)c2cccc(F)n2)C(=O)N1. The molecule has 1 aliphatic rings. The molecule has 2 heterocycles. The second kappa shape index (κ2) is 4.91. The number of rotatable bonds is 2. The van der Waals surface area contributed by atoms with E-state index in [-0.39, 0.29) is 24.4 Å². The van der Waals surface area contributed by atoms with Crippen LogP contribution in [-0.2, 0) is 9.59 Å². The van der Waals surface area contributed by atoms with Gasteiger partial charge in [-0.25, -0.2) is 4.98 Å². The van der Waals surface area contributed by atoms with Crippen molar-refractivity contribution in [1.29, 1.82) is 0 Å². The molecule has 0 saturated carbocycles. The molecule has 0 aromatic carbocycles. The maximum atomic E-state index is 12.8. The number of piperidine rings is 1. The molecule has 2 rings (SSSR count). The Balaban J connectivity index is 2.03. The number of pyridine rings is 1. The molecule has 7 heteroatoms. The number of amides is 3. The Bertz CT molecular complexity index is 518. The molecular formula is C11H10FN3O3. The number of aromatic nitrogens is 1. The molecule has 1 unspecified atom stereocenters. The van der Waals surface area contributed by atoms with E-state index in [9.17, 15) is 18.8 Å². The van der Waals surface area contributed by atoms with Gasteiger partial charge < -0.3 is 5.32 Å². The van der Waals surface area contributed by atoms with Crippen molar-refractivity contribution >= 4 is 17.7 Å². The molecule has 3 amide bonds. The van der Waals surface area contributed by atoms with Gasteiger partial charge in [0.25, 0.3) is 5.91 Å². The quantitative estimate of drug-likeness (QED) is 0.560. The summed E-state index contributed by atoms with van der Waals surface area (Å²) in [4.78, 5) is 37.4. The largest absolute Gasteiger partial charge is 0.339 e. The highest BCUT2D eigenvalue weighted by Gasteiger charge is 2.28. The first kappa shape index (κ1) is 12.2. The smallest absolute Gasteiger partial charge is 0.270 e. The Morgan fingerprint density at radius 3 is 2.89 bits per heavy atom. The van der Waals surface area contributed by atoms with Gasteiger partial charge in [0.2, 0.25) is 17.8 Å². The first-order valence-electron chi connectivity index (χ1n) is 5.33. The third kappa shape index (κ3) is 2.68. The molecule has 0 aliphatic carbocycles. The number of carbonyl (C=O) groups is 3. The molecule has 0 radical (unpaired) electrons. The number of hydrogen-bond donors (Lipinski definition) is 2. The summed E-state index contributed by atoms with van der Waals surface area (Å²) in [6.07, 6.45) is 0.388. The fraction of sp³-hybridized carbons (Fsp3) is 0.273. The van der Waals surface area contributed by atoms with E-state index in [2.05, 4.69) is 15.6 Å². The Morgan fingerprint density at radius 1 is 1.44 bits per heavy atom. The minimum atomic E-state index is -0.791. The van der Waals surface area contributed by atoms with Gasteiger partial charge in [0, 0.05) is 6.42 Å². The van der Waals surface area contributed by atoms with E-state index in [0.29, 0.717) is 0 Å². The minimum absolute atomic E-state index is 0.111. The lowest BCUT2D eigenvalue weighted by Crippen LogP contribution is -2.52. The van der Waals surface area contributed by atoms with Crippen LogP contribution in [0.2, 0.25) is 0 Å². The summed E-state index contributed by atoms with van der Waals surface area (Å²) in [5.74, 6) is -2.35. The van der Waals surface area contributed by atoms with Gasteiger partial charge in [-0.3, -0.25) is 19.7 Å². The molecular weight excluding hydrogens is 241 g/mol. The highest BCUT2D eigenvalue weighted by Crippen LogP contribution is 2.06. The summed E-state index contributed by atoms with van der Waals surface area (Å²) in [7, 11) is 0. The zero-order valence-corrected chi connectivity index (χ0v) is 9.27. The van der Waals surface area contributed by atoms with Crippen molar-refractivity contribution in [3.63, 3.8) is 0 Å². The Hall–Kier alpha value is -2.31. The zero-order valence-electron chi connectivity index (χ0n) is 9.27. The van der Waals surface area contributed by atoms with E-state index in [0.717, 1.165) is 6.07 Å². The second-order valence-corrected chi connectivity index (χ2v) is 3.82. The van der Waals surface area contributed by atoms with Gasteiger partial charge in [-0.15, -0.1) is 0 Å². The van der Waals surface area contributed by atoms with Gasteiger partial charge in [-0.1, -0.05) is 6.07 Å². The van der Waals surface area contributed by atoms with E-state index in [1.807, 2.05) is 0 Å². The molecule has 1 aromatic heterocycles. The second-order valence-electron chi connectivity index (χ2n) is 3.82. The number of carbonyl (C=O) groups excluding carboxylic acids is 3. The van der Waals surface area contributed by atoms with E-state index < -0.39 is 23.8 Å². The molecule has 6 nitrogen and oxygen atoms in total. The van der Waals surface area contributed by atoms with Crippen molar-refractivity contribution in [1.82, 2.24) is 15.6 Å².